The molecule has 0 radical (unpaired) electrons. The van der Waals surface area contributed by atoms with Crippen molar-refractivity contribution in [3.05, 3.63) is 0 Å². The monoisotopic (exact) mass is 339 g/mol. The van der Waals surface area contributed by atoms with Gasteiger partial charge < -0.3 is 0 Å². The van der Waals surface area contributed by atoms with E-state index in [1.54, 1.807) is 7.11 Å². The maximum absolute atomic E-state index is 12.3. The average Bonchev–Trinajstić information content (AvgIpc) is 2.37. The van der Waals surface area contributed by atoms with E-state index in [9.17, 15) is 4.79 Å². The predicted octanol–water partition coefficient (Wildman–Crippen LogP) is 2.88. The quantitative estimate of drug-likeness (QED) is 0.585. The number of carbonyl (C=O) groups is 1. The van der Waals surface area contributed by atoms with Crippen LogP contribution in [0.1, 0.15) is 34.1 Å². The fourth-order valence-corrected chi connectivity index (χ4v) is 3.89. The van der Waals surface area contributed by atoms with Crippen LogP contribution < -0.4 is 0 Å². The molecule has 3 nitrogen and oxygen atoms in total. The molecule has 0 spiro atoms. The van der Waals surface area contributed by atoms with Crippen molar-refractivity contribution in [3.8, 4) is 0 Å². The number of rotatable bonds is 3. The van der Waals surface area contributed by atoms with Gasteiger partial charge in [-0.15, -0.1) is 0 Å². The van der Waals surface area contributed by atoms with E-state index in [1.165, 1.54) is 5.06 Å². The van der Waals surface area contributed by atoms with Gasteiger partial charge in [0.2, 0.25) is 0 Å². The first-order valence-corrected chi connectivity index (χ1v) is 7.19. The van der Waals surface area contributed by atoms with E-state index in [0.29, 0.717) is 5.92 Å². The zero-order valence-electron chi connectivity index (χ0n) is 10.8. The maximum Gasteiger partial charge on any atom is 0.252 e. The molecule has 1 saturated heterocycles. The minimum atomic E-state index is -0.268. The highest BCUT2D eigenvalue weighted by atomic mass is 127. The van der Waals surface area contributed by atoms with Crippen molar-refractivity contribution in [2.24, 2.45) is 16.7 Å². The molecule has 16 heavy (non-hydrogen) atoms. The van der Waals surface area contributed by atoms with Gasteiger partial charge in [0, 0.05) is 10.3 Å². The SMILES string of the molecule is CON1C[C@H](CI)[C@](C)(CC(C)(C)C)C1=O. The summed E-state index contributed by atoms with van der Waals surface area (Å²) in [6.07, 6.45) is 0.909. The molecule has 94 valence electrons. The molecule has 1 heterocycles. The Morgan fingerprint density at radius 2 is 2.12 bits per heavy atom. The Kier molecular flexibility index (Phi) is 4.27. The number of halogens is 1. The highest BCUT2D eigenvalue weighted by Gasteiger charge is 2.51. The van der Waals surface area contributed by atoms with Crippen molar-refractivity contribution in [2.45, 2.75) is 34.1 Å². The lowest BCUT2D eigenvalue weighted by Crippen LogP contribution is -2.37. The van der Waals surface area contributed by atoms with E-state index in [-0.39, 0.29) is 16.7 Å². The highest BCUT2D eigenvalue weighted by Crippen LogP contribution is 2.46. The zero-order chi connectivity index (χ0) is 12.6. The third kappa shape index (κ3) is 2.70. The van der Waals surface area contributed by atoms with Gasteiger partial charge in [-0.3, -0.25) is 9.63 Å². The van der Waals surface area contributed by atoms with Crippen molar-refractivity contribution >= 4 is 28.5 Å². The lowest BCUT2D eigenvalue weighted by Gasteiger charge is -2.33. The number of alkyl halides is 1. The lowest BCUT2D eigenvalue weighted by atomic mass is 9.69. The van der Waals surface area contributed by atoms with Crippen molar-refractivity contribution in [1.29, 1.82) is 0 Å². The second-order valence-corrected chi connectivity index (χ2v) is 6.94. The van der Waals surface area contributed by atoms with Crippen LogP contribution in [0.4, 0.5) is 0 Å². The van der Waals surface area contributed by atoms with Crippen LogP contribution in [0, 0.1) is 16.7 Å². The molecule has 0 aromatic carbocycles. The van der Waals surface area contributed by atoms with Gasteiger partial charge in [0.1, 0.15) is 0 Å². The molecular formula is C12H22INO2. The molecule has 4 heteroatoms. The zero-order valence-corrected chi connectivity index (χ0v) is 13.0. The second kappa shape index (κ2) is 4.80. The summed E-state index contributed by atoms with van der Waals surface area (Å²) in [6, 6.07) is 0. The minimum absolute atomic E-state index is 0.145. The number of hydrogen-bond acceptors (Lipinski definition) is 2. The van der Waals surface area contributed by atoms with E-state index in [1.807, 2.05) is 0 Å². The van der Waals surface area contributed by atoms with Crippen LogP contribution in [0.3, 0.4) is 0 Å². The molecule has 0 aliphatic carbocycles. The topological polar surface area (TPSA) is 29.5 Å². The molecule has 0 aromatic heterocycles. The number of hydrogen-bond donors (Lipinski definition) is 0. The summed E-state index contributed by atoms with van der Waals surface area (Å²) in [5.41, 5.74) is -0.104. The van der Waals surface area contributed by atoms with Crippen molar-refractivity contribution < 1.29 is 9.63 Å². The van der Waals surface area contributed by atoms with E-state index in [4.69, 9.17) is 4.84 Å². The summed E-state index contributed by atoms with van der Waals surface area (Å²) < 4.78 is 0.996. The van der Waals surface area contributed by atoms with E-state index in [2.05, 4.69) is 50.3 Å². The molecule has 1 rings (SSSR count). The van der Waals surface area contributed by atoms with Crippen LogP contribution >= 0.6 is 22.6 Å². The Balaban J connectivity index is 2.94. The molecule has 1 aliphatic rings. The third-order valence-electron chi connectivity index (χ3n) is 3.31. The van der Waals surface area contributed by atoms with Gasteiger partial charge in [-0.1, -0.05) is 50.3 Å². The third-order valence-corrected chi connectivity index (χ3v) is 4.37. The molecular weight excluding hydrogens is 317 g/mol. The van der Waals surface area contributed by atoms with E-state index < -0.39 is 0 Å². The Morgan fingerprint density at radius 1 is 1.56 bits per heavy atom. The first-order valence-electron chi connectivity index (χ1n) is 5.66. The normalized spacial score (nSPS) is 31.2. The smallest absolute Gasteiger partial charge is 0.252 e. The number of nitrogens with zero attached hydrogens (tertiary/aromatic N) is 1. The van der Waals surface area contributed by atoms with Crippen LogP contribution in [0.25, 0.3) is 0 Å². The number of hydroxylamine groups is 2. The van der Waals surface area contributed by atoms with E-state index in [0.717, 1.165) is 17.4 Å². The first-order chi connectivity index (χ1) is 7.24. The summed E-state index contributed by atoms with van der Waals surface area (Å²) in [7, 11) is 1.57. The standard InChI is InChI=1S/C12H22INO2/c1-11(2,3)8-12(4)9(6-13)7-14(16-5)10(12)15/h9H,6-8H2,1-5H3/t9-,12-/m0/s1. The molecule has 1 amide bonds. The Morgan fingerprint density at radius 3 is 2.50 bits per heavy atom. The Labute approximate surface area is 112 Å². The fourth-order valence-electron chi connectivity index (χ4n) is 2.64. The predicted molar refractivity (Wildman–Crippen MR) is 73.3 cm³/mol. The lowest BCUT2D eigenvalue weighted by molar-refractivity contribution is -0.173. The van der Waals surface area contributed by atoms with Crippen LogP contribution in [-0.2, 0) is 9.63 Å². The fraction of sp³-hybridized carbons (Fsp3) is 0.917. The number of carbonyl (C=O) groups excluding carboxylic acids is 1. The van der Waals surface area contributed by atoms with E-state index >= 15 is 0 Å². The van der Waals surface area contributed by atoms with Gasteiger partial charge in [-0.05, 0) is 11.8 Å². The van der Waals surface area contributed by atoms with Crippen molar-refractivity contribution in [2.75, 3.05) is 18.1 Å². The van der Waals surface area contributed by atoms with Crippen molar-refractivity contribution in [3.63, 3.8) is 0 Å². The first kappa shape index (κ1) is 14.2. The van der Waals surface area contributed by atoms with Gasteiger partial charge in [-0.25, -0.2) is 5.06 Å². The Bertz CT molecular complexity index is 275. The minimum Gasteiger partial charge on any atom is -0.274 e. The molecule has 0 aromatic rings. The molecule has 0 saturated carbocycles. The number of amides is 1. The van der Waals surface area contributed by atoms with Crippen LogP contribution in [0.5, 0.6) is 0 Å². The van der Waals surface area contributed by atoms with Gasteiger partial charge in [0.25, 0.3) is 5.91 Å². The van der Waals surface area contributed by atoms with Gasteiger partial charge in [0.15, 0.2) is 0 Å². The van der Waals surface area contributed by atoms with Gasteiger partial charge in [0.05, 0.1) is 19.1 Å². The largest absolute Gasteiger partial charge is 0.274 e. The molecule has 0 unspecified atom stereocenters. The molecule has 1 fully saturated rings. The summed E-state index contributed by atoms with van der Waals surface area (Å²) in [5, 5.41) is 1.52. The second-order valence-electron chi connectivity index (χ2n) is 6.05. The van der Waals surface area contributed by atoms with Crippen LogP contribution in [-0.4, -0.2) is 29.1 Å². The summed E-state index contributed by atoms with van der Waals surface area (Å²) >= 11 is 2.37. The molecule has 2 atom stereocenters. The average molecular weight is 339 g/mol. The van der Waals surface area contributed by atoms with Gasteiger partial charge >= 0.3 is 0 Å². The van der Waals surface area contributed by atoms with Gasteiger partial charge in [-0.2, -0.15) is 0 Å². The van der Waals surface area contributed by atoms with Crippen molar-refractivity contribution in [1.82, 2.24) is 5.06 Å². The summed E-state index contributed by atoms with van der Waals surface area (Å²) in [4.78, 5) is 17.4. The molecule has 0 N–H and O–H groups in total. The van der Waals surface area contributed by atoms with Crippen LogP contribution in [0.2, 0.25) is 0 Å². The summed E-state index contributed by atoms with van der Waals surface area (Å²) in [6.45, 7) is 9.37. The molecule has 1 aliphatic heterocycles. The Hall–Kier alpha value is 0.160. The molecule has 0 bridgehead atoms. The summed E-state index contributed by atoms with van der Waals surface area (Å²) in [5.74, 6) is 0.534. The highest BCUT2D eigenvalue weighted by molar-refractivity contribution is 14.1. The maximum atomic E-state index is 12.3. The van der Waals surface area contributed by atoms with Crippen LogP contribution in [0.15, 0.2) is 0 Å².